The summed E-state index contributed by atoms with van der Waals surface area (Å²) in [5.41, 5.74) is 6.39. The summed E-state index contributed by atoms with van der Waals surface area (Å²) in [5.74, 6) is 0.221. The molecule has 0 aliphatic heterocycles. The van der Waals surface area contributed by atoms with Crippen molar-refractivity contribution in [1.82, 2.24) is 0 Å². The molecule has 0 aromatic heterocycles. The number of rotatable bonds is 4. The van der Waals surface area contributed by atoms with Gasteiger partial charge in [-0.1, -0.05) is 48.5 Å². The number of Topliss-reactive ketones (excluding diaryl/α,β-unsaturated/α-hetero) is 1. The summed E-state index contributed by atoms with van der Waals surface area (Å²) in [6.07, 6.45) is 5.57. The number of benzene rings is 1. The van der Waals surface area contributed by atoms with E-state index in [1.807, 2.05) is 6.07 Å². The Morgan fingerprint density at radius 3 is 2.47 bits per heavy atom. The van der Waals surface area contributed by atoms with Gasteiger partial charge in [0.15, 0.2) is 0 Å². The minimum atomic E-state index is -0.332. The van der Waals surface area contributed by atoms with Crippen LogP contribution in [-0.4, -0.2) is 12.3 Å². The predicted octanol–water partition coefficient (Wildman–Crippen LogP) is 4.01. The molecule has 4 heteroatoms. The average molecular weight is 300 g/mol. The predicted molar refractivity (Wildman–Crippen MR) is 79.7 cm³/mol. The Morgan fingerprint density at radius 1 is 1.21 bits per heavy atom. The Kier molecular flexibility index (Phi) is 4.88. The summed E-state index contributed by atoms with van der Waals surface area (Å²) >= 11 is 12.0. The lowest BCUT2D eigenvalue weighted by Gasteiger charge is -2.34. The van der Waals surface area contributed by atoms with Crippen LogP contribution in [0, 0.1) is 5.41 Å². The van der Waals surface area contributed by atoms with E-state index in [2.05, 4.69) is 0 Å². The van der Waals surface area contributed by atoms with Gasteiger partial charge in [-0.3, -0.25) is 4.79 Å². The molecule has 0 amide bonds. The zero-order chi connectivity index (χ0) is 13.9. The molecule has 2 N–H and O–H groups in total. The monoisotopic (exact) mass is 299 g/mol. The smallest absolute Gasteiger partial charge is 0.144 e. The topological polar surface area (TPSA) is 43.1 Å². The second-order valence-electron chi connectivity index (χ2n) is 5.38. The van der Waals surface area contributed by atoms with Gasteiger partial charge in [-0.2, -0.15) is 0 Å². The molecule has 19 heavy (non-hydrogen) atoms. The minimum absolute atomic E-state index is 0.221. The first kappa shape index (κ1) is 14.8. The van der Waals surface area contributed by atoms with Gasteiger partial charge in [-0.05, 0) is 30.5 Å². The third-order valence-corrected chi connectivity index (χ3v) is 4.75. The van der Waals surface area contributed by atoms with Gasteiger partial charge in [-0.25, -0.2) is 0 Å². The maximum Gasteiger partial charge on any atom is 0.144 e. The molecular formula is C15H19Cl2NO. The molecule has 0 unspecified atom stereocenters. The second kappa shape index (κ2) is 6.25. The van der Waals surface area contributed by atoms with Crippen molar-refractivity contribution in [1.29, 1.82) is 0 Å². The van der Waals surface area contributed by atoms with Crippen molar-refractivity contribution < 1.29 is 4.79 Å². The first-order chi connectivity index (χ1) is 9.07. The second-order valence-corrected chi connectivity index (χ2v) is 6.22. The zero-order valence-corrected chi connectivity index (χ0v) is 12.4. The molecule has 2 rings (SSSR count). The largest absolute Gasteiger partial charge is 0.329 e. The molecule has 2 nitrogen and oxygen atoms in total. The molecule has 0 bridgehead atoms. The van der Waals surface area contributed by atoms with E-state index in [1.165, 1.54) is 6.42 Å². The highest BCUT2D eigenvalue weighted by atomic mass is 35.5. The van der Waals surface area contributed by atoms with Crippen LogP contribution in [0.2, 0.25) is 10.0 Å². The average Bonchev–Trinajstić information content (AvgIpc) is 2.42. The highest BCUT2D eigenvalue weighted by molar-refractivity contribution is 6.35. The van der Waals surface area contributed by atoms with E-state index in [9.17, 15) is 4.79 Å². The number of ketones is 1. The highest BCUT2D eigenvalue weighted by Crippen LogP contribution is 2.37. The van der Waals surface area contributed by atoms with Gasteiger partial charge in [0.2, 0.25) is 0 Å². The van der Waals surface area contributed by atoms with Crippen LogP contribution in [0.1, 0.15) is 37.7 Å². The van der Waals surface area contributed by atoms with Crippen LogP contribution < -0.4 is 5.73 Å². The molecule has 0 spiro atoms. The van der Waals surface area contributed by atoms with E-state index in [0.29, 0.717) is 23.0 Å². The fourth-order valence-electron chi connectivity index (χ4n) is 2.85. The number of hydrogen-bond acceptors (Lipinski definition) is 2. The summed E-state index contributed by atoms with van der Waals surface area (Å²) in [4.78, 5) is 12.6. The van der Waals surface area contributed by atoms with Crippen LogP contribution in [0.3, 0.4) is 0 Å². The fourth-order valence-corrected chi connectivity index (χ4v) is 3.33. The molecule has 0 atom stereocenters. The summed E-state index contributed by atoms with van der Waals surface area (Å²) in [5, 5.41) is 1.15. The molecule has 0 heterocycles. The summed E-state index contributed by atoms with van der Waals surface area (Å²) in [6.45, 7) is 0.442. The van der Waals surface area contributed by atoms with Crippen molar-refractivity contribution in [3.05, 3.63) is 33.8 Å². The normalized spacial score (nSPS) is 18.3. The van der Waals surface area contributed by atoms with Crippen LogP contribution in [-0.2, 0) is 11.2 Å². The van der Waals surface area contributed by atoms with E-state index in [0.717, 1.165) is 31.2 Å². The van der Waals surface area contributed by atoms with Crippen molar-refractivity contribution in [2.75, 3.05) is 6.54 Å². The van der Waals surface area contributed by atoms with Gasteiger partial charge in [-0.15, -0.1) is 0 Å². The number of nitrogens with two attached hydrogens (primary N) is 1. The summed E-state index contributed by atoms with van der Waals surface area (Å²) in [7, 11) is 0. The first-order valence-electron chi connectivity index (χ1n) is 6.75. The number of carbonyl (C=O) groups is 1. The molecule has 1 aliphatic carbocycles. The van der Waals surface area contributed by atoms with Crippen LogP contribution in [0.4, 0.5) is 0 Å². The lowest BCUT2D eigenvalue weighted by molar-refractivity contribution is -0.129. The Morgan fingerprint density at radius 2 is 1.89 bits per heavy atom. The Bertz CT molecular complexity index is 467. The van der Waals surface area contributed by atoms with Gasteiger partial charge in [0.1, 0.15) is 5.78 Å². The van der Waals surface area contributed by atoms with Crippen molar-refractivity contribution in [3.8, 4) is 0 Å². The number of hydrogen-bond donors (Lipinski definition) is 1. The fraction of sp³-hybridized carbons (Fsp3) is 0.533. The van der Waals surface area contributed by atoms with Gasteiger partial charge in [0.25, 0.3) is 0 Å². The van der Waals surface area contributed by atoms with Gasteiger partial charge < -0.3 is 5.73 Å². The van der Waals surface area contributed by atoms with E-state index in [4.69, 9.17) is 28.9 Å². The van der Waals surface area contributed by atoms with Crippen LogP contribution in [0.15, 0.2) is 18.2 Å². The maximum atomic E-state index is 12.6. The van der Waals surface area contributed by atoms with E-state index in [-0.39, 0.29) is 11.2 Å². The van der Waals surface area contributed by atoms with E-state index in [1.54, 1.807) is 12.1 Å². The molecule has 1 fully saturated rings. The first-order valence-corrected chi connectivity index (χ1v) is 7.50. The molecule has 1 aliphatic rings. The van der Waals surface area contributed by atoms with Gasteiger partial charge in [0, 0.05) is 28.4 Å². The van der Waals surface area contributed by atoms with Crippen molar-refractivity contribution in [2.45, 2.75) is 38.5 Å². The summed E-state index contributed by atoms with van der Waals surface area (Å²) < 4.78 is 0. The van der Waals surface area contributed by atoms with Gasteiger partial charge in [0.05, 0.1) is 0 Å². The Labute approximate surface area is 124 Å². The quantitative estimate of drug-likeness (QED) is 0.912. The number of carbonyl (C=O) groups excluding carboxylic acids is 1. The molecule has 0 radical (unpaired) electrons. The lowest BCUT2D eigenvalue weighted by Crippen LogP contribution is -2.41. The maximum absolute atomic E-state index is 12.6. The molecular weight excluding hydrogens is 281 g/mol. The van der Waals surface area contributed by atoms with Crippen molar-refractivity contribution in [3.63, 3.8) is 0 Å². The highest BCUT2D eigenvalue weighted by Gasteiger charge is 2.37. The van der Waals surface area contributed by atoms with Crippen molar-refractivity contribution >= 4 is 29.0 Å². The summed E-state index contributed by atoms with van der Waals surface area (Å²) in [6, 6.07) is 5.28. The SMILES string of the molecule is NCC1(C(=O)Cc2ccc(Cl)cc2Cl)CCCCC1. The Hall–Kier alpha value is -0.570. The molecule has 1 saturated carbocycles. The van der Waals surface area contributed by atoms with Crippen molar-refractivity contribution in [2.24, 2.45) is 11.1 Å². The van der Waals surface area contributed by atoms with E-state index >= 15 is 0 Å². The van der Waals surface area contributed by atoms with Crippen LogP contribution in [0.25, 0.3) is 0 Å². The number of halogens is 2. The molecule has 1 aromatic carbocycles. The standard InChI is InChI=1S/C15H19Cl2NO/c16-12-5-4-11(13(17)9-12)8-14(19)15(10-18)6-2-1-3-7-15/h4-5,9H,1-3,6-8,10,18H2. The zero-order valence-electron chi connectivity index (χ0n) is 10.9. The Balaban J connectivity index is 2.15. The molecule has 0 saturated heterocycles. The van der Waals surface area contributed by atoms with E-state index < -0.39 is 0 Å². The minimum Gasteiger partial charge on any atom is -0.329 e. The van der Waals surface area contributed by atoms with Crippen LogP contribution in [0.5, 0.6) is 0 Å². The van der Waals surface area contributed by atoms with Crippen LogP contribution >= 0.6 is 23.2 Å². The molecule has 1 aromatic rings. The molecule has 104 valence electrons. The third kappa shape index (κ3) is 3.31. The van der Waals surface area contributed by atoms with Gasteiger partial charge >= 0.3 is 0 Å². The lowest BCUT2D eigenvalue weighted by atomic mass is 9.70. The third-order valence-electron chi connectivity index (χ3n) is 4.16.